The minimum atomic E-state index is 0.349. The second-order valence-electron chi connectivity index (χ2n) is 4.55. The average Bonchev–Trinajstić information content (AvgIpc) is 2.86. The predicted molar refractivity (Wildman–Crippen MR) is 69.3 cm³/mol. The van der Waals surface area contributed by atoms with Gasteiger partial charge < -0.3 is 15.0 Å². The lowest BCUT2D eigenvalue weighted by Gasteiger charge is -2.19. The van der Waals surface area contributed by atoms with E-state index in [2.05, 4.69) is 34.3 Å². The molecule has 0 spiro atoms. The van der Waals surface area contributed by atoms with Crippen molar-refractivity contribution in [3.63, 3.8) is 0 Å². The quantitative estimate of drug-likeness (QED) is 0.860. The average molecular weight is 235 g/mol. The maximum atomic E-state index is 5.38. The molecular weight excluding hydrogens is 214 g/mol. The Labute approximate surface area is 103 Å². The van der Waals surface area contributed by atoms with E-state index in [0.717, 1.165) is 25.3 Å². The number of pyridine rings is 1. The summed E-state index contributed by atoms with van der Waals surface area (Å²) < 4.78 is 5.38. The van der Waals surface area contributed by atoms with Gasteiger partial charge in [0, 0.05) is 32.4 Å². The molecule has 1 fully saturated rings. The first-order valence-corrected chi connectivity index (χ1v) is 6.15. The van der Waals surface area contributed by atoms with Crippen LogP contribution in [0.4, 0.5) is 5.82 Å². The molecule has 1 aromatic heterocycles. The van der Waals surface area contributed by atoms with Crippen LogP contribution in [-0.2, 0) is 4.74 Å². The molecule has 1 aromatic rings. The fourth-order valence-corrected chi connectivity index (χ4v) is 2.17. The molecule has 2 rings (SSSR count). The maximum Gasteiger partial charge on any atom is 0.128 e. The van der Waals surface area contributed by atoms with Crippen molar-refractivity contribution in [1.82, 2.24) is 10.3 Å². The number of nitrogens with one attached hydrogen (secondary N) is 1. The van der Waals surface area contributed by atoms with Crippen LogP contribution in [0.5, 0.6) is 0 Å². The molecule has 2 heterocycles. The minimum Gasteiger partial charge on any atom is -0.380 e. The Kier molecular flexibility index (Phi) is 3.97. The third-order valence-electron chi connectivity index (χ3n) is 3.50. The second-order valence-corrected chi connectivity index (χ2v) is 4.55. The summed E-state index contributed by atoms with van der Waals surface area (Å²) in [5, 5.41) is 3.25. The Morgan fingerprint density at radius 2 is 2.41 bits per heavy atom. The molecule has 94 valence electrons. The van der Waals surface area contributed by atoms with Crippen LogP contribution in [0.15, 0.2) is 18.3 Å². The van der Waals surface area contributed by atoms with Gasteiger partial charge in [-0.1, -0.05) is 0 Å². The molecule has 1 aliphatic rings. The van der Waals surface area contributed by atoms with Crippen molar-refractivity contribution < 1.29 is 4.74 Å². The summed E-state index contributed by atoms with van der Waals surface area (Å²) >= 11 is 0. The van der Waals surface area contributed by atoms with Gasteiger partial charge >= 0.3 is 0 Å². The highest BCUT2D eigenvalue weighted by Crippen LogP contribution is 2.22. The summed E-state index contributed by atoms with van der Waals surface area (Å²) in [6.45, 7) is 4.13. The van der Waals surface area contributed by atoms with Gasteiger partial charge in [0.25, 0.3) is 0 Å². The molecule has 0 aromatic carbocycles. The third kappa shape index (κ3) is 2.76. The van der Waals surface area contributed by atoms with Crippen LogP contribution < -0.4 is 10.2 Å². The Balaban J connectivity index is 2.11. The Morgan fingerprint density at radius 3 is 3.06 bits per heavy atom. The first-order valence-electron chi connectivity index (χ1n) is 6.15. The first-order chi connectivity index (χ1) is 8.24. The van der Waals surface area contributed by atoms with Crippen LogP contribution in [0.1, 0.15) is 24.9 Å². The zero-order chi connectivity index (χ0) is 12.3. The van der Waals surface area contributed by atoms with Crippen LogP contribution in [0.2, 0.25) is 0 Å². The lowest BCUT2D eigenvalue weighted by Crippen LogP contribution is -2.23. The lowest BCUT2D eigenvalue weighted by molar-refractivity contribution is 0.121. The smallest absolute Gasteiger partial charge is 0.128 e. The van der Waals surface area contributed by atoms with Gasteiger partial charge in [0.15, 0.2) is 0 Å². The van der Waals surface area contributed by atoms with Crippen molar-refractivity contribution in [2.75, 3.05) is 32.1 Å². The molecule has 0 radical (unpaired) electrons. The maximum absolute atomic E-state index is 5.38. The van der Waals surface area contributed by atoms with Gasteiger partial charge in [-0.2, -0.15) is 0 Å². The summed E-state index contributed by atoms with van der Waals surface area (Å²) in [5.74, 6) is 1.06. The van der Waals surface area contributed by atoms with Crippen LogP contribution in [0.3, 0.4) is 0 Å². The summed E-state index contributed by atoms with van der Waals surface area (Å²) in [6, 6.07) is 4.59. The summed E-state index contributed by atoms with van der Waals surface area (Å²) in [7, 11) is 3.75. The Morgan fingerprint density at radius 1 is 1.59 bits per heavy atom. The number of methoxy groups -OCH3 is 1. The molecule has 1 saturated heterocycles. The molecule has 0 bridgehead atoms. The molecule has 1 aliphatic heterocycles. The van der Waals surface area contributed by atoms with E-state index in [-0.39, 0.29) is 0 Å². The van der Waals surface area contributed by atoms with Gasteiger partial charge in [0.2, 0.25) is 0 Å². The number of aromatic nitrogens is 1. The fourth-order valence-electron chi connectivity index (χ4n) is 2.17. The predicted octanol–water partition coefficient (Wildman–Crippen LogP) is 1.59. The molecular formula is C13H21N3O. The van der Waals surface area contributed by atoms with E-state index in [9.17, 15) is 0 Å². The highest BCUT2D eigenvalue weighted by atomic mass is 16.5. The van der Waals surface area contributed by atoms with Crippen molar-refractivity contribution in [2.24, 2.45) is 0 Å². The summed E-state index contributed by atoms with van der Waals surface area (Å²) in [6.07, 6.45) is 3.32. The van der Waals surface area contributed by atoms with Crippen LogP contribution in [0.25, 0.3) is 0 Å². The zero-order valence-electron chi connectivity index (χ0n) is 10.8. The van der Waals surface area contributed by atoms with Gasteiger partial charge in [-0.3, -0.25) is 0 Å². The van der Waals surface area contributed by atoms with E-state index >= 15 is 0 Å². The van der Waals surface area contributed by atoms with Crippen molar-refractivity contribution in [3.05, 3.63) is 23.9 Å². The SMILES string of the molecule is CNC(C)c1ccnc(N2CCC(OC)C2)c1. The largest absolute Gasteiger partial charge is 0.380 e. The van der Waals surface area contributed by atoms with Gasteiger partial charge in [-0.05, 0) is 38.1 Å². The van der Waals surface area contributed by atoms with Crippen molar-refractivity contribution in [2.45, 2.75) is 25.5 Å². The molecule has 17 heavy (non-hydrogen) atoms. The number of hydrogen-bond acceptors (Lipinski definition) is 4. The molecule has 0 saturated carbocycles. The third-order valence-corrected chi connectivity index (χ3v) is 3.50. The van der Waals surface area contributed by atoms with Crippen LogP contribution in [0, 0.1) is 0 Å². The number of ether oxygens (including phenoxy) is 1. The second kappa shape index (κ2) is 5.47. The normalized spacial score (nSPS) is 21.8. The standard InChI is InChI=1S/C13H21N3O/c1-10(14-2)11-4-6-15-13(8-11)16-7-5-12(9-16)17-3/h4,6,8,10,12,14H,5,7,9H2,1-3H3. The molecule has 1 N–H and O–H groups in total. The highest BCUT2D eigenvalue weighted by molar-refractivity contribution is 5.43. The van der Waals surface area contributed by atoms with Gasteiger partial charge in [-0.15, -0.1) is 0 Å². The molecule has 2 unspecified atom stereocenters. The van der Waals surface area contributed by atoms with E-state index in [4.69, 9.17) is 4.74 Å². The van der Waals surface area contributed by atoms with Crippen LogP contribution in [-0.4, -0.2) is 38.3 Å². The van der Waals surface area contributed by atoms with Crippen molar-refractivity contribution in [1.29, 1.82) is 0 Å². The van der Waals surface area contributed by atoms with E-state index in [0.29, 0.717) is 12.1 Å². The highest BCUT2D eigenvalue weighted by Gasteiger charge is 2.23. The number of anilines is 1. The molecule has 4 nitrogen and oxygen atoms in total. The van der Waals surface area contributed by atoms with Gasteiger partial charge in [0.05, 0.1) is 6.10 Å². The van der Waals surface area contributed by atoms with Crippen molar-refractivity contribution >= 4 is 5.82 Å². The number of nitrogens with zero attached hydrogens (tertiary/aromatic N) is 2. The Hall–Kier alpha value is -1.13. The molecule has 4 heteroatoms. The van der Waals surface area contributed by atoms with Gasteiger partial charge in [0.1, 0.15) is 5.82 Å². The fraction of sp³-hybridized carbons (Fsp3) is 0.615. The van der Waals surface area contributed by atoms with E-state index < -0.39 is 0 Å². The van der Waals surface area contributed by atoms with Gasteiger partial charge in [-0.25, -0.2) is 4.98 Å². The van der Waals surface area contributed by atoms with Crippen LogP contribution >= 0.6 is 0 Å². The summed E-state index contributed by atoms with van der Waals surface area (Å²) in [4.78, 5) is 6.74. The summed E-state index contributed by atoms with van der Waals surface area (Å²) in [5.41, 5.74) is 1.28. The Bertz CT molecular complexity index is 369. The topological polar surface area (TPSA) is 37.4 Å². The lowest BCUT2D eigenvalue weighted by atomic mass is 10.1. The van der Waals surface area contributed by atoms with E-state index in [1.165, 1.54) is 5.56 Å². The first kappa shape index (κ1) is 12.3. The monoisotopic (exact) mass is 235 g/mol. The molecule has 0 aliphatic carbocycles. The molecule has 2 atom stereocenters. The van der Waals surface area contributed by atoms with E-state index in [1.54, 1.807) is 7.11 Å². The zero-order valence-corrected chi connectivity index (χ0v) is 10.8. The van der Waals surface area contributed by atoms with Crippen molar-refractivity contribution in [3.8, 4) is 0 Å². The number of hydrogen-bond donors (Lipinski definition) is 1. The molecule has 0 amide bonds. The minimum absolute atomic E-state index is 0.349. The van der Waals surface area contributed by atoms with E-state index in [1.807, 2.05) is 13.2 Å². The number of rotatable bonds is 4.